The number of hydrogen-bond acceptors (Lipinski definition) is 4. The fourth-order valence-corrected chi connectivity index (χ4v) is 3.88. The summed E-state index contributed by atoms with van der Waals surface area (Å²) in [6, 6.07) is 4.95. The molecule has 108 valence electrons. The number of nitrogens with zero attached hydrogens (tertiary/aromatic N) is 1. The van der Waals surface area contributed by atoms with Crippen molar-refractivity contribution in [1.82, 2.24) is 4.90 Å². The van der Waals surface area contributed by atoms with Crippen molar-refractivity contribution in [2.45, 2.75) is 51.8 Å². The van der Waals surface area contributed by atoms with Gasteiger partial charge in [-0.15, -0.1) is 11.3 Å². The molecule has 3 nitrogen and oxygen atoms in total. The van der Waals surface area contributed by atoms with E-state index in [0.29, 0.717) is 6.04 Å². The maximum absolute atomic E-state index is 6.40. The second-order valence-electron chi connectivity index (χ2n) is 6.04. The van der Waals surface area contributed by atoms with Crippen LogP contribution in [0.5, 0.6) is 0 Å². The highest BCUT2D eigenvalue weighted by molar-refractivity contribution is 7.12. The molecule has 4 heteroatoms. The van der Waals surface area contributed by atoms with Crippen LogP contribution in [0.3, 0.4) is 0 Å². The molecule has 2 unspecified atom stereocenters. The molecule has 0 radical (unpaired) electrons. The largest absolute Gasteiger partial charge is 0.373 e. The predicted molar refractivity (Wildman–Crippen MR) is 81.7 cm³/mol. The van der Waals surface area contributed by atoms with Gasteiger partial charge >= 0.3 is 0 Å². The Bertz CT molecular complexity index is 416. The highest BCUT2D eigenvalue weighted by atomic mass is 32.1. The molecule has 1 aromatic rings. The second kappa shape index (κ2) is 5.92. The van der Waals surface area contributed by atoms with Gasteiger partial charge in [0.05, 0.1) is 18.2 Å². The van der Waals surface area contributed by atoms with Crippen molar-refractivity contribution in [2.24, 2.45) is 5.73 Å². The average molecular weight is 282 g/mol. The van der Waals surface area contributed by atoms with Crippen LogP contribution < -0.4 is 5.73 Å². The Kier molecular flexibility index (Phi) is 4.66. The van der Waals surface area contributed by atoms with E-state index in [1.54, 1.807) is 0 Å². The van der Waals surface area contributed by atoms with Crippen LogP contribution in [0.15, 0.2) is 12.1 Å². The Hall–Kier alpha value is -0.420. The molecular weight excluding hydrogens is 256 g/mol. The summed E-state index contributed by atoms with van der Waals surface area (Å²) < 4.78 is 5.82. The third-order valence-corrected chi connectivity index (χ3v) is 4.85. The van der Waals surface area contributed by atoms with Crippen LogP contribution in [0.4, 0.5) is 0 Å². The van der Waals surface area contributed by atoms with Gasteiger partial charge in [0.2, 0.25) is 0 Å². The number of ether oxygens (including phenoxy) is 1. The summed E-state index contributed by atoms with van der Waals surface area (Å²) in [6.07, 6.45) is 0.999. The second-order valence-corrected chi connectivity index (χ2v) is 7.36. The van der Waals surface area contributed by atoms with E-state index in [9.17, 15) is 0 Å². The van der Waals surface area contributed by atoms with Gasteiger partial charge in [0.1, 0.15) is 0 Å². The van der Waals surface area contributed by atoms with Crippen molar-refractivity contribution < 1.29 is 4.74 Å². The number of nitrogens with two attached hydrogens (primary N) is 1. The SMILES string of the molecule is CCC(N)C(c1ccc(C)s1)N1CCOC(C)(C)C1. The number of hydrogen-bond donors (Lipinski definition) is 1. The summed E-state index contributed by atoms with van der Waals surface area (Å²) in [5.41, 5.74) is 6.33. The van der Waals surface area contributed by atoms with Gasteiger partial charge in [0.15, 0.2) is 0 Å². The van der Waals surface area contributed by atoms with Crippen LogP contribution in [-0.2, 0) is 4.74 Å². The van der Waals surface area contributed by atoms with Gasteiger partial charge in [0, 0.05) is 28.9 Å². The lowest BCUT2D eigenvalue weighted by Crippen LogP contribution is -2.52. The molecule has 1 aliphatic rings. The minimum atomic E-state index is -0.0731. The summed E-state index contributed by atoms with van der Waals surface area (Å²) in [4.78, 5) is 5.25. The fourth-order valence-electron chi connectivity index (χ4n) is 2.79. The first-order chi connectivity index (χ1) is 8.93. The van der Waals surface area contributed by atoms with Crippen LogP contribution in [0, 0.1) is 6.92 Å². The molecule has 1 saturated heterocycles. The lowest BCUT2D eigenvalue weighted by Gasteiger charge is -2.43. The van der Waals surface area contributed by atoms with Crippen molar-refractivity contribution in [3.63, 3.8) is 0 Å². The average Bonchev–Trinajstić information content (AvgIpc) is 2.74. The molecule has 0 aromatic carbocycles. The molecule has 19 heavy (non-hydrogen) atoms. The summed E-state index contributed by atoms with van der Waals surface area (Å²) >= 11 is 1.87. The maximum atomic E-state index is 6.40. The standard InChI is InChI=1S/C15H26N2OS/c1-5-12(16)14(13-7-6-11(2)19-13)17-8-9-18-15(3,4)10-17/h6-7,12,14H,5,8-10,16H2,1-4H3. The third kappa shape index (κ3) is 3.57. The van der Waals surface area contributed by atoms with E-state index in [1.165, 1.54) is 9.75 Å². The van der Waals surface area contributed by atoms with Gasteiger partial charge in [-0.25, -0.2) is 0 Å². The normalized spacial score (nSPS) is 23.2. The topological polar surface area (TPSA) is 38.5 Å². The molecular formula is C15H26N2OS. The molecule has 1 aliphatic heterocycles. The van der Waals surface area contributed by atoms with Gasteiger partial charge in [-0.05, 0) is 39.3 Å². The number of thiophene rings is 1. The minimum absolute atomic E-state index is 0.0731. The Labute approximate surface area is 120 Å². The summed E-state index contributed by atoms with van der Waals surface area (Å²) in [5, 5.41) is 0. The molecule has 2 N–H and O–H groups in total. The van der Waals surface area contributed by atoms with Crippen molar-refractivity contribution in [3.8, 4) is 0 Å². The lowest BCUT2D eigenvalue weighted by atomic mass is 9.99. The smallest absolute Gasteiger partial charge is 0.0753 e. The highest BCUT2D eigenvalue weighted by Gasteiger charge is 2.34. The molecule has 0 aliphatic carbocycles. The van der Waals surface area contributed by atoms with Crippen LogP contribution in [0.25, 0.3) is 0 Å². The van der Waals surface area contributed by atoms with Crippen LogP contribution in [-0.4, -0.2) is 36.2 Å². The van der Waals surface area contributed by atoms with Crippen LogP contribution in [0.1, 0.15) is 43.0 Å². The van der Waals surface area contributed by atoms with E-state index in [1.807, 2.05) is 11.3 Å². The zero-order valence-electron chi connectivity index (χ0n) is 12.5. The highest BCUT2D eigenvalue weighted by Crippen LogP contribution is 2.33. The number of aryl methyl sites for hydroxylation is 1. The van der Waals surface area contributed by atoms with E-state index < -0.39 is 0 Å². The van der Waals surface area contributed by atoms with Gasteiger partial charge in [-0.3, -0.25) is 4.90 Å². The minimum Gasteiger partial charge on any atom is -0.373 e. The Morgan fingerprint density at radius 1 is 1.47 bits per heavy atom. The molecule has 2 rings (SSSR count). The number of morpholine rings is 1. The molecule has 2 heterocycles. The first kappa shape index (κ1) is 15.0. The summed E-state index contributed by atoms with van der Waals surface area (Å²) in [6.45, 7) is 11.4. The van der Waals surface area contributed by atoms with Gasteiger partial charge in [-0.1, -0.05) is 6.92 Å². The maximum Gasteiger partial charge on any atom is 0.0753 e. The first-order valence-electron chi connectivity index (χ1n) is 7.13. The van der Waals surface area contributed by atoms with E-state index in [-0.39, 0.29) is 11.6 Å². The monoisotopic (exact) mass is 282 g/mol. The van der Waals surface area contributed by atoms with Crippen molar-refractivity contribution in [2.75, 3.05) is 19.7 Å². The molecule has 0 bridgehead atoms. The Morgan fingerprint density at radius 2 is 2.21 bits per heavy atom. The molecule has 0 amide bonds. The third-order valence-electron chi connectivity index (χ3n) is 3.78. The Morgan fingerprint density at radius 3 is 2.74 bits per heavy atom. The lowest BCUT2D eigenvalue weighted by molar-refractivity contribution is -0.0997. The van der Waals surface area contributed by atoms with Crippen molar-refractivity contribution in [1.29, 1.82) is 0 Å². The molecule has 0 saturated carbocycles. The molecule has 2 atom stereocenters. The summed E-state index contributed by atoms with van der Waals surface area (Å²) in [7, 11) is 0. The molecule has 1 aromatic heterocycles. The van der Waals surface area contributed by atoms with E-state index in [4.69, 9.17) is 10.5 Å². The molecule has 0 spiro atoms. The first-order valence-corrected chi connectivity index (χ1v) is 7.94. The van der Waals surface area contributed by atoms with Crippen molar-refractivity contribution in [3.05, 3.63) is 21.9 Å². The molecule has 1 fully saturated rings. The van der Waals surface area contributed by atoms with E-state index in [2.05, 4.69) is 44.7 Å². The van der Waals surface area contributed by atoms with E-state index >= 15 is 0 Å². The Balaban J connectivity index is 2.22. The summed E-state index contributed by atoms with van der Waals surface area (Å²) in [5.74, 6) is 0. The quantitative estimate of drug-likeness (QED) is 0.923. The fraction of sp³-hybridized carbons (Fsp3) is 0.733. The number of rotatable bonds is 4. The predicted octanol–water partition coefficient (Wildman–Crippen LogP) is 2.95. The zero-order valence-corrected chi connectivity index (χ0v) is 13.3. The zero-order chi connectivity index (χ0) is 14.0. The van der Waals surface area contributed by atoms with Crippen LogP contribution >= 0.6 is 11.3 Å². The van der Waals surface area contributed by atoms with Crippen molar-refractivity contribution >= 4 is 11.3 Å². The van der Waals surface area contributed by atoms with Gasteiger partial charge < -0.3 is 10.5 Å². The van der Waals surface area contributed by atoms with Crippen LogP contribution in [0.2, 0.25) is 0 Å². The van der Waals surface area contributed by atoms with E-state index in [0.717, 1.165) is 26.1 Å². The van der Waals surface area contributed by atoms with Gasteiger partial charge in [-0.2, -0.15) is 0 Å². The van der Waals surface area contributed by atoms with Gasteiger partial charge in [0.25, 0.3) is 0 Å².